The van der Waals surface area contributed by atoms with Crippen LogP contribution in [0.25, 0.3) is 11.4 Å². The standard InChI is InChI=1S/C26H30ClN5O4/c27-22-5-2-1-4-20(22)18-36-21-8-6-19(7-9-21)25-29-26(34)23(30-31-25)10-11-24(33)28-12-3-13-32-14-16-35-17-15-32/h1-2,4-9H,3,10-18H2,(H,28,33)(H,29,31,34). The number of carbonyl (C=O) groups is 1. The van der Waals surface area contributed by atoms with Gasteiger partial charge in [-0.2, -0.15) is 0 Å². The van der Waals surface area contributed by atoms with Crippen molar-refractivity contribution in [1.29, 1.82) is 0 Å². The molecule has 0 saturated carbocycles. The normalized spacial score (nSPS) is 13.9. The van der Waals surface area contributed by atoms with Crippen molar-refractivity contribution in [2.45, 2.75) is 25.9 Å². The minimum atomic E-state index is -0.348. The van der Waals surface area contributed by atoms with Crippen LogP contribution in [-0.2, 0) is 22.6 Å². The number of nitrogens with one attached hydrogen (secondary N) is 2. The summed E-state index contributed by atoms with van der Waals surface area (Å²) in [7, 11) is 0. The van der Waals surface area contributed by atoms with Gasteiger partial charge in [0.05, 0.1) is 13.2 Å². The summed E-state index contributed by atoms with van der Waals surface area (Å²) < 4.78 is 11.1. The van der Waals surface area contributed by atoms with Crippen molar-refractivity contribution in [2.24, 2.45) is 0 Å². The van der Waals surface area contributed by atoms with E-state index in [9.17, 15) is 9.59 Å². The number of amides is 1. The third-order valence-corrected chi connectivity index (χ3v) is 6.28. The van der Waals surface area contributed by atoms with Crippen molar-refractivity contribution >= 4 is 17.5 Å². The maximum atomic E-state index is 12.5. The summed E-state index contributed by atoms with van der Waals surface area (Å²) in [5, 5.41) is 11.8. The van der Waals surface area contributed by atoms with Crippen LogP contribution in [0.1, 0.15) is 24.1 Å². The first-order valence-electron chi connectivity index (χ1n) is 12.1. The average molecular weight is 512 g/mol. The van der Waals surface area contributed by atoms with E-state index in [0.29, 0.717) is 35.3 Å². The van der Waals surface area contributed by atoms with Gasteiger partial charge in [-0.25, -0.2) is 0 Å². The van der Waals surface area contributed by atoms with Gasteiger partial charge in [-0.1, -0.05) is 29.8 Å². The molecule has 0 radical (unpaired) electrons. The fourth-order valence-electron chi connectivity index (χ4n) is 3.82. The lowest BCUT2D eigenvalue weighted by Gasteiger charge is -2.26. The number of rotatable bonds is 11. The van der Waals surface area contributed by atoms with Crippen molar-refractivity contribution in [3.8, 4) is 17.1 Å². The smallest absolute Gasteiger partial charge is 0.273 e. The average Bonchev–Trinajstić information content (AvgIpc) is 2.91. The molecule has 0 aliphatic carbocycles. The Labute approximate surface area is 214 Å². The fourth-order valence-corrected chi connectivity index (χ4v) is 4.01. The predicted molar refractivity (Wildman–Crippen MR) is 137 cm³/mol. The number of halogens is 1. The van der Waals surface area contributed by atoms with Gasteiger partial charge in [-0.15, -0.1) is 10.2 Å². The Morgan fingerprint density at radius 1 is 1.11 bits per heavy atom. The number of H-pyrrole nitrogens is 1. The first-order chi connectivity index (χ1) is 17.6. The Hall–Kier alpha value is -3.27. The number of hydrogen-bond acceptors (Lipinski definition) is 7. The summed E-state index contributed by atoms with van der Waals surface area (Å²) in [5.74, 6) is 0.921. The first kappa shape index (κ1) is 25.8. The number of aromatic amines is 1. The zero-order chi connectivity index (χ0) is 25.2. The van der Waals surface area contributed by atoms with E-state index in [4.69, 9.17) is 21.1 Å². The van der Waals surface area contributed by atoms with Gasteiger partial charge in [0.25, 0.3) is 5.56 Å². The number of carbonyl (C=O) groups excluding carboxylic acids is 1. The molecule has 0 unspecified atom stereocenters. The van der Waals surface area contributed by atoms with E-state index < -0.39 is 0 Å². The molecule has 1 aliphatic heterocycles. The second-order valence-corrected chi connectivity index (χ2v) is 8.92. The summed E-state index contributed by atoms with van der Waals surface area (Å²) in [4.78, 5) is 29.7. The molecule has 0 atom stereocenters. The van der Waals surface area contributed by atoms with Crippen LogP contribution < -0.4 is 15.6 Å². The van der Waals surface area contributed by atoms with Crippen LogP contribution in [0.4, 0.5) is 0 Å². The molecular formula is C26H30ClN5O4. The Balaban J connectivity index is 1.22. The monoisotopic (exact) mass is 511 g/mol. The van der Waals surface area contributed by atoms with Crippen molar-refractivity contribution < 1.29 is 14.3 Å². The summed E-state index contributed by atoms with van der Waals surface area (Å²) in [5.41, 5.74) is 1.49. The lowest BCUT2D eigenvalue weighted by molar-refractivity contribution is -0.121. The van der Waals surface area contributed by atoms with E-state index >= 15 is 0 Å². The van der Waals surface area contributed by atoms with E-state index in [1.165, 1.54) is 0 Å². The first-order valence-corrected chi connectivity index (χ1v) is 12.5. The fraction of sp³-hybridized carbons (Fsp3) is 0.385. The third kappa shape index (κ3) is 7.61. The summed E-state index contributed by atoms with van der Waals surface area (Å²) in [6.07, 6.45) is 1.30. The molecule has 1 fully saturated rings. The number of aryl methyl sites for hydroxylation is 1. The van der Waals surface area contributed by atoms with Crippen LogP contribution in [0, 0.1) is 0 Å². The summed E-state index contributed by atoms with van der Waals surface area (Å²) in [6, 6.07) is 14.7. The molecule has 2 heterocycles. The quantitative estimate of drug-likeness (QED) is 0.381. The molecule has 2 N–H and O–H groups in total. The highest BCUT2D eigenvalue weighted by Gasteiger charge is 2.12. The van der Waals surface area contributed by atoms with Gasteiger partial charge in [0.15, 0.2) is 5.82 Å². The van der Waals surface area contributed by atoms with Gasteiger partial charge in [-0.05, 0) is 43.3 Å². The number of morpholine rings is 1. The molecule has 190 valence electrons. The SMILES string of the molecule is O=C(CCc1nnc(-c2ccc(OCc3ccccc3Cl)cc2)[nH]c1=O)NCCCN1CCOCC1. The Bertz CT molecular complexity index is 1200. The maximum absolute atomic E-state index is 12.5. The second-order valence-electron chi connectivity index (χ2n) is 8.51. The Kier molecular flexibility index (Phi) is 9.43. The molecule has 2 aromatic carbocycles. The Morgan fingerprint density at radius 2 is 1.89 bits per heavy atom. The topological polar surface area (TPSA) is 109 Å². The molecule has 1 aliphatic rings. The lowest BCUT2D eigenvalue weighted by Crippen LogP contribution is -2.38. The predicted octanol–water partition coefficient (Wildman–Crippen LogP) is 2.84. The largest absolute Gasteiger partial charge is 0.489 e. The highest BCUT2D eigenvalue weighted by Crippen LogP contribution is 2.21. The zero-order valence-corrected chi connectivity index (χ0v) is 20.8. The van der Waals surface area contributed by atoms with E-state index in [-0.39, 0.29) is 30.0 Å². The lowest BCUT2D eigenvalue weighted by atomic mass is 10.2. The van der Waals surface area contributed by atoms with Crippen LogP contribution in [0.5, 0.6) is 5.75 Å². The molecule has 0 bridgehead atoms. The molecule has 1 amide bonds. The third-order valence-electron chi connectivity index (χ3n) is 5.91. The van der Waals surface area contributed by atoms with Gasteiger partial charge in [0.2, 0.25) is 5.91 Å². The summed E-state index contributed by atoms with van der Waals surface area (Å²) >= 11 is 6.16. The minimum Gasteiger partial charge on any atom is -0.489 e. The second kappa shape index (κ2) is 13.2. The number of hydrogen-bond donors (Lipinski definition) is 2. The van der Waals surface area contributed by atoms with Crippen LogP contribution in [0.15, 0.2) is 53.3 Å². The maximum Gasteiger partial charge on any atom is 0.273 e. The number of ether oxygens (including phenoxy) is 2. The Morgan fingerprint density at radius 3 is 2.64 bits per heavy atom. The van der Waals surface area contributed by atoms with Crippen molar-refractivity contribution in [2.75, 3.05) is 39.4 Å². The molecule has 9 nitrogen and oxygen atoms in total. The number of benzene rings is 2. The number of aromatic nitrogens is 3. The minimum absolute atomic E-state index is 0.102. The van der Waals surface area contributed by atoms with Gasteiger partial charge < -0.3 is 19.8 Å². The molecule has 4 rings (SSSR count). The van der Waals surface area contributed by atoms with Gasteiger partial charge in [0, 0.05) is 48.6 Å². The molecule has 10 heteroatoms. The van der Waals surface area contributed by atoms with Crippen LogP contribution in [-0.4, -0.2) is 65.4 Å². The molecular weight excluding hydrogens is 482 g/mol. The summed E-state index contributed by atoms with van der Waals surface area (Å²) in [6.45, 7) is 5.31. The van der Waals surface area contributed by atoms with E-state index in [0.717, 1.165) is 44.8 Å². The molecule has 3 aromatic rings. The van der Waals surface area contributed by atoms with Crippen molar-refractivity contribution in [3.05, 3.63) is 75.2 Å². The molecule has 1 aromatic heterocycles. The van der Waals surface area contributed by atoms with Gasteiger partial charge in [-0.3, -0.25) is 14.5 Å². The van der Waals surface area contributed by atoms with Gasteiger partial charge >= 0.3 is 0 Å². The van der Waals surface area contributed by atoms with Crippen LogP contribution >= 0.6 is 11.6 Å². The van der Waals surface area contributed by atoms with Crippen LogP contribution in [0.2, 0.25) is 5.02 Å². The molecule has 0 spiro atoms. The van der Waals surface area contributed by atoms with E-state index in [2.05, 4.69) is 25.4 Å². The zero-order valence-electron chi connectivity index (χ0n) is 20.0. The van der Waals surface area contributed by atoms with E-state index in [1.807, 2.05) is 24.3 Å². The van der Waals surface area contributed by atoms with E-state index in [1.54, 1.807) is 24.3 Å². The molecule has 36 heavy (non-hydrogen) atoms. The molecule has 1 saturated heterocycles. The van der Waals surface area contributed by atoms with Crippen molar-refractivity contribution in [1.82, 2.24) is 25.4 Å². The van der Waals surface area contributed by atoms with Crippen LogP contribution in [0.3, 0.4) is 0 Å². The van der Waals surface area contributed by atoms with Crippen molar-refractivity contribution in [3.63, 3.8) is 0 Å². The van der Waals surface area contributed by atoms with Gasteiger partial charge in [0.1, 0.15) is 18.1 Å². The highest BCUT2D eigenvalue weighted by atomic mass is 35.5. The number of nitrogens with zero attached hydrogens (tertiary/aromatic N) is 3. The highest BCUT2D eigenvalue weighted by molar-refractivity contribution is 6.31.